The molecule has 0 saturated carbocycles. The Balaban J connectivity index is 1.71. The minimum atomic E-state index is -0.724. The fourth-order valence-electron chi connectivity index (χ4n) is 5.02. The summed E-state index contributed by atoms with van der Waals surface area (Å²) in [7, 11) is 0. The molecule has 9 heteroatoms. The van der Waals surface area contributed by atoms with Crippen molar-refractivity contribution < 1.29 is 28.7 Å². The molecule has 39 heavy (non-hydrogen) atoms. The number of nitrogens with zero attached hydrogens (tertiary/aromatic N) is 2. The van der Waals surface area contributed by atoms with E-state index in [1.807, 2.05) is 20.8 Å². The van der Waals surface area contributed by atoms with Gasteiger partial charge < -0.3 is 24.6 Å². The minimum absolute atomic E-state index is 0.0574. The molecule has 0 aromatic rings. The van der Waals surface area contributed by atoms with Crippen molar-refractivity contribution in [2.75, 3.05) is 32.8 Å². The normalized spacial score (nSPS) is 19.1. The molecule has 2 fully saturated rings. The molecule has 0 spiro atoms. The van der Waals surface area contributed by atoms with Crippen LogP contribution in [0.25, 0.3) is 0 Å². The molecule has 2 saturated heterocycles. The summed E-state index contributed by atoms with van der Waals surface area (Å²) in [6, 6.07) is -0.724. The molecule has 0 aliphatic carbocycles. The van der Waals surface area contributed by atoms with Crippen molar-refractivity contribution >= 4 is 23.9 Å². The third-order valence-electron chi connectivity index (χ3n) is 7.33. The first-order valence-corrected chi connectivity index (χ1v) is 14.7. The van der Waals surface area contributed by atoms with Crippen molar-refractivity contribution in [3.8, 4) is 12.3 Å². The highest BCUT2D eigenvalue weighted by Gasteiger charge is 2.31. The van der Waals surface area contributed by atoms with Crippen molar-refractivity contribution in [2.24, 2.45) is 11.8 Å². The van der Waals surface area contributed by atoms with E-state index in [1.165, 1.54) is 0 Å². The van der Waals surface area contributed by atoms with E-state index in [2.05, 4.69) is 18.2 Å². The summed E-state index contributed by atoms with van der Waals surface area (Å²) in [5.41, 5.74) is -0.509. The Morgan fingerprint density at radius 1 is 1.03 bits per heavy atom. The molecular weight excluding hydrogens is 498 g/mol. The lowest BCUT2D eigenvalue weighted by Gasteiger charge is -2.34. The summed E-state index contributed by atoms with van der Waals surface area (Å²) in [6.45, 7) is 10.4. The van der Waals surface area contributed by atoms with E-state index in [-0.39, 0.29) is 30.2 Å². The zero-order chi connectivity index (χ0) is 28.8. The maximum Gasteiger partial charge on any atom is 0.410 e. The molecule has 2 rings (SSSR count). The molecule has 2 heterocycles. The van der Waals surface area contributed by atoms with Crippen molar-refractivity contribution in [2.45, 2.75) is 110 Å². The van der Waals surface area contributed by atoms with Crippen LogP contribution >= 0.6 is 0 Å². The Kier molecular flexibility index (Phi) is 13.6. The van der Waals surface area contributed by atoms with Gasteiger partial charge in [-0.15, -0.1) is 6.42 Å². The second kappa shape index (κ2) is 16.4. The van der Waals surface area contributed by atoms with E-state index in [4.69, 9.17) is 15.9 Å². The number of amides is 3. The summed E-state index contributed by atoms with van der Waals surface area (Å²) in [5, 5.41) is 2.79. The first kappa shape index (κ1) is 32.5. The van der Waals surface area contributed by atoms with E-state index in [1.54, 1.807) is 9.80 Å². The predicted molar refractivity (Wildman–Crippen MR) is 150 cm³/mol. The van der Waals surface area contributed by atoms with Gasteiger partial charge in [-0.25, -0.2) is 4.79 Å². The Morgan fingerprint density at radius 3 is 2.38 bits per heavy atom. The zero-order valence-corrected chi connectivity index (χ0v) is 24.5. The number of esters is 1. The van der Waals surface area contributed by atoms with Crippen LogP contribution in [-0.2, 0) is 23.9 Å². The number of piperidine rings is 2. The largest absolute Gasteiger partial charge is 0.466 e. The molecule has 2 aliphatic heterocycles. The van der Waals surface area contributed by atoms with Crippen LogP contribution in [0, 0.1) is 24.2 Å². The van der Waals surface area contributed by atoms with Crippen LogP contribution in [0.2, 0.25) is 0 Å². The number of ether oxygens (including phenoxy) is 2. The Labute approximate surface area is 234 Å². The Hall–Kier alpha value is -2.76. The van der Waals surface area contributed by atoms with Crippen molar-refractivity contribution in [3.63, 3.8) is 0 Å². The van der Waals surface area contributed by atoms with Crippen LogP contribution in [0.15, 0.2) is 0 Å². The number of unbranched alkanes of at least 4 members (excludes halogenated alkanes) is 3. The van der Waals surface area contributed by atoms with Crippen molar-refractivity contribution in [1.29, 1.82) is 0 Å². The first-order valence-electron chi connectivity index (χ1n) is 14.7. The van der Waals surface area contributed by atoms with E-state index >= 15 is 0 Å². The average Bonchev–Trinajstić information content (AvgIpc) is 2.90. The van der Waals surface area contributed by atoms with E-state index in [0.29, 0.717) is 51.5 Å². The number of likely N-dealkylation sites (tertiary alicyclic amines) is 2. The smallest absolute Gasteiger partial charge is 0.410 e. The maximum atomic E-state index is 12.9. The number of hydrogen-bond acceptors (Lipinski definition) is 6. The minimum Gasteiger partial charge on any atom is -0.466 e. The van der Waals surface area contributed by atoms with Crippen LogP contribution in [0.5, 0.6) is 0 Å². The SMILES string of the molecule is C#C[C@H](CC(=O)OCCCCCC)NC(=O)[C@@H]1CCCN(C(=O)CCC2CCN(C(=O)OC(C)(C)C)CC2)C1. The van der Waals surface area contributed by atoms with Gasteiger partial charge in [0, 0.05) is 32.6 Å². The zero-order valence-electron chi connectivity index (χ0n) is 24.5. The van der Waals surface area contributed by atoms with Gasteiger partial charge in [-0.1, -0.05) is 32.1 Å². The molecule has 1 N–H and O–H groups in total. The second-order valence-electron chi connectivity index (χ2n) is 11.8. The molecule has 0 radical (unpaired) electrons. The van der Waals surface area contributed by atoms with Crippen molar-refractivity contribution in [3.05, 3.63) is 0 Å². The van der Waals surface area contributed by atoms with E-state index < -0.39 is 17.6 Å². The third-order valence-corrected chi connectivity index (χ3v) is 7.33. The summed E-state index contributed by atoms with van der Waals surface area (Å²) in [5.74, 6) is 1.95. The summed E-state index contributed by atoms with van der Waals surface area (Å²) in [6.07, 6.45) is 13.6. The summed E-state index contributed by atoms with van der Waals surface area (Å²) in [4.78, 5) is 53.7. The molecule has 0 aromatic heterocycles. The number of rotatable bonds is 12. The third kappa shape index (κ3) is 12.3. The number of nitrogens with one attached hydrogen (secondary N) is 1. The topological polar surface area (TPSA) is 105 Å². The van der Waals surface area contributed by atoms with Gasteiger partial charge in [-0.05, 0) is 65.2 Å². The number of terminal acetylenes is 1. The van der Waals surface area contributed by atoms with Gasteiger partial charge >= 0.3 is 12.1 Å². The number of hydrogen-bond donors (Lipinski definition) is 1. The standard InChI is InChI=1S/C30H49N3O6/c1-6-8-9-10-20-38-27(35)21-25(7-2)31-28(36)24-12-11-17-33(22-24)26(34)14-13-23-15-18-32(19-16-23)29(37)39-30(3,4)5/h2,23-25H,6,8-22H2,1,3-5H3,(H,31,36)/t24-,25-/m1/s1. The quantitative estimate of drug-likeness (QED) is 0.222. The number of carbonyl (C=O) groups excluding carboxylic acids is 4. The molecular formula is C30H49N3O6. The monoisotopic (exact) mass is 547 g/mol. The van der Waals surface area contributed by atoms with Gasteiger partial charge in [0.2, 0.25) is 11.8 Å². The van der Waals surface area contributed by atoms with Gasteiger partial charge in [0.05, 0.1) is 18.9 Å². The predicted octanol–water partition coefficient (Wildman–Crippen LogP) is 4.28. The molecule has 2 atom stereocenters. The molecule has 9 nitrogen and oxygen atoms in total. The average molecular weight is 548 g/mol. The molecule has 0 unspecified atom stereocenters. The fourth-order valence-corrected chi connectivity index (χ4v) is 5.02. The van der Waals surface area contributed by atoms with Gasteiger partial charge in [-0.3, -0.25) is 14.4 Å². The highest BCUT2D eigenvalue weighted by molar-refractivity contribution is 5.82. The van der Waals surface area contributed by atoms with E-state index in [0.717, 1.165) is 51.4 Å². The van der Waals surface area contributed by atoms with Gasteiger partial charge in [0.15, 0.2) is 0 Å². The van der Waals surface area contributed by atoms with Crippen LogP contribution in [0.1, 0.15) is 98.3 Å². The maximum absolute atomic E-state index is 12.9. The van der Waals surface area contributed by atoms with Gasteiger partial charge in [-0.2, -0.15) is 0 Å². The lowest BCUT2D eigenvalue weighted by Crippen LogP contribution is -2.47. The van der Waals surface area contributed by atoms with Gasteiger partial charge in [0.25, 0.3) is 0 Å². The highest BCUT2D eigenvalue weighted by Crippen LogP contribution is 2.25. The van der Waals surface area contributed by atoms with E-state index in [9.17, 15) is 19.2 Å². The number of carbonyl (C=O) groups is 4. The van der Waals surface area contributed by atoms with Crippen LogP contribution < -0.4 is 5.32 Å². The molecule has 220 valence electrons. The van der Waals surface area contributed by atoms with Crippen molar-refractivity contribution in [1.82, 2.24) is 15.1 Å². The molecule has 3 amide bonds. The first-order chi connectivity index (χ1) is 18.5. The summed E-state index contributed by atoms with van der Waals surface area (Å²) < 4.78 is 10.7. The van der Waals surface area contributed by atoms with Crippen LogP contribution in [-0.4, -0.2) is 78.1 Å². The van der Waals surface area contributed by atoms with Crippen LogP contribution in [0.3, 0.4) is 0 Å². The lowest BCUT2D eigenvalue weighted by atomic mass is 9.91. The molecule has 0 aromatic carbocycles. The fraction of sp³-hybridized carbons (Fsp3) is 0.800. The van der Waals surface area contributed by atoms with Crippen LogP contribution in [0.4, 0.5) is 4.79 Å². The molecule has 0 bridgehead atoms. The second-order valence-corrected chi connectivity index (χ2v) is 11.8. The Bertz CT molecular complexity index is 854. The lowest BCUT2D eigenvalue weighted by molar-refractivity contribution is -0.144. The summed E-state index contributed by atoms with van der Waals surface area (Å²) >= 11 is 0. The molecule has 2 aliphatic rings. The highest BCUT2D eigenvalue weighted by atomic mass is 16.6. The Morgan fingerprint density at radius 2 is 1.74 bits per heavy atom. The van der Waals surface area contributed by atoms with Gasteiger partial charge in [0.1, 0.15) is 11.6 Å².